The van der Waals surface area contributed by atoms with Crippen molar-refractivity contribution in [3.63, 3.8) is 0 Å². The molecule has 0 N–H and O–H groups in total. The van der Waals surface area contributed by atoms with E-state index in [2.05, 4.69) is 0 Å². The smallest absolute Gasteiger partial charge is 0 e. The molecule has 0 saturated carbocycles. The van der Waals surface area contributed by atoms with Gasteiger partial charge in [-0.05, 0) is 0 Å². The Balaban J connectivity index is 0. The molecule has 0 spiro atoms. The summed E-state index contributed by atoms with van der Waals surface area (Å²) >= 11 is 0. The van der Waals surface area contributed by atoms with Gasteiger partial charge in [-0.3, -0.25) is 0 Å². The molecular weight excluding hydrogens is 286 g/mol. The van der Waals surface area contributed by atoms with Gasteiger partial charge in [0.15, 0.2) is 0 Å². The average molecular weight is 286 g/mol. The van der Waals surface area contributed by atoms with Crippen LogP contribution in [0.2, 0.25) is 0 Å². The Hall–Kier alpha value is 2.82. The number of hydrogen-bond acceptors (Lipinski definition) is 0. The maximum atomic E-state index is 0. The minimum absolute atomic E-state index is 0. The first-order valence-corrected chi connectivity index (χ1v) is 0. The summed E-state index contributed by atoms with van der Waals surface area (Å²) < 4.78 is 0. The zero-order valence-corrected chi connectivity index (χ0v) is 8.82. The third-order valence-corrected chi connectivity index (χ3v) is 0. The zero-order chi connectivity index (χ0) is 0. The van der Waals surface area contributed by atoms with Gasteiger partial charge in [-0.25, -0.2) is 0 Å². The second kappa shape index (κ2) is 29.1. The molecule has 0 saturated heterocycles. The van der Waals surface area contributed by atoms with E-state index in [4.69, 9.17) is 0 Å². The van der Waals surface area contributed by atoms with Gasteiger partial charge in [0, 0.05) is 90.7 Å². The first-order chi connectivity index (χ1) is 0. The Morgan fingerprint density at radius 3 is 1.00 bits per heavy atom. The average Bonchev–Trinajstić information content (AvgIpc) is 0. The summed E-state index contributed by atoms with van der Waals surface area (Å²) in [6.07, 6.45) is 0. The maximum absolute atomic E-state index is 0. The number of rotatable bonds is 0. The molecule has 4 radical (unpaired) electrons. The van der Waals surface area contributed by atoms with Crippen molar-refractivity contribution in [1.29, 1.82) is 0 Å². The molecule has 0 aromatic carbocycles. The summed E-state index contributed by atoms with van der Waals surface area (Å²) in [6.45, 7) is 0. The Bertz CT molecular complexity index is 11.6. The summed E-state index contributed by atoms with van der Waals surface area (Å²) in [4.78, 5) is 0. The largest absolute Gasteiger partial charge is 0 e. The monoisotopic (exact) mass is 286 g/mol. The van der Waals surface area contributed by atoms with Gasteiger partial charge in [0.1, 0.15) is 0 Å². The van der Waals surface area contributed by atoms with E-state index in [1.807, 2.05) is 0 Å². The molecule has 0 atom stereocenters. The standard InChI is InChI=1S/Al.Cr.Fe.Nb.Ni. The van der Waals surface area contributed by atoms with Crippen LogP contribution in [-0.4, -0.2) is 17.4 Å². The van der Waals surface area contributed by atoms with Gasteiger partial charge in [0.25, 0.3) is 0 Å². The van der Waals surface area contributed by atoms with Crippen LogP contribution in [0.5, 0.6) is 0 Å². The molecular formula is AlCrFeNbNi. The summed E-state index contributed by atoms with van der Waals surface area (Å²) in [5.74, 6) is 0. The van der Waals surface area contributed by atoms with Gasteiger partial charge in [-0.1, -0.05) is 0 Å². The van der Waals surface area contributed by atoms with Crippen molar-refractivity contribution >= 4 is 17.4 Å². The Kier molecular flexibility index (Phi) is 266. The Labute approximate surface area is 89.4 Å². The molecule has 0 aliphatic carbocycles. The van der Waals surface area contributed by atoms with Crippen LogP contribution in [0.4, 0.5) is 0 Å². The van der Waals surface area contributed by atoms with Crippen LogP contribution in [0.3, 0.4) is 0 Å². The molecule has 0 nitrogen and oxygen atoms in total. The molecule has 5 heavy (non-hydrogen) atoms. The second-order valence-electron chi connectivity index (χ2n) is 0. The van der Waals surface area contributed by atoms with Gasteiger partial charge < -0.3 is 0 Å². The van der Waals surface area contributed by atoms with E-state index >= 15 is 0 Å². The van der Waals surface area contributed by atoms with Crippen molar-refractivity contribution in [2.45, 2.75) is 0 Å². The first-order valence-electron chi connectivity index (χ1n) is 0. The van der Waals surface area contributed by atoms with Crippen molar-refractivity contribution in [2.24, 2.45) is 0 Å². The summed E-state index contributed by atoms with van der Waals surface area (Å²) in [6, 6.07) is 0. The fourth-order valence-electron chi connectivity index (χ4n) is 0. The van der Waals surface area contributed by atoms with Crippen LogP contribution < -0.4 is 0 Å². The quantitative estimate of drug-likeness (QED) is 0.532. The molecule has 0 amide bonds. The second-order valence-corrected chi connectivity index (χ2v) is 0. The topological polar surface area (TPSA) is 0 Å². The Morgan fingerprint density at radius 2 is 1.00 bits per heavy atom. The van der Waals surface area contributed by atoms with Crippen LogP contribution in [0.25, 0.3) is 0 Å². The van der Waals surface area contributed by atoms with Gasteiger partial charge in [0.2, 0.25) is 0 Å². The van der Waals surface area contributed by atoms with E-state index in [1.54, 1.807) is 0 Å². The minimum Gasteiger partial charge on any atom is 0 e. The molecule has 0 aliphatic rings. The molecule has 0 aliphatic heterocycles. The molecule has 0 unspecified atom stereocenters. The molecule has 0 aromatic heterocycles. The van der Waals surface area contributed by atoms with E-state index in [0.29, 0.717) is 0 Å². The fraction of sp³-hybridized carbons (Fsp3) is 0. The van der Waals surface area contributed by atoms with E-state index in [9.17, 15) is 0 Å². The van der Waals surface area contributed by atoms with Crippen LogP contribution in [0.15, 0.2) is 0 Å². The molecule has 0 bridgehead atoms. The van der Waals surface area contributed by atoms with Crippen molar-refractivity contribution in [3.8, 4) is 0 Å². The van der Waals surface area contributed by atoms with E-state index in [1.165, 1.54) is 0 Å². The predicted molar refractivity (Wildman–Crippen MR) is 5.75 cm³/mol. The molecule has 0 rings (SSSR count). The molecule has 32 valence electrons. The van der Waals surface area contributed by atoms with Gasteiger partial charge in [-0.15, -0.1) is 0 Å². The van der Waals surface area contributed by atoms with Crippen LogP contribution in [-0.2, 0) is 73.3 Å². The SMILES string of the molecule is [Al].[Cr].[Fe].[Nb].[Ni]. The Morgan fingerprint density at radius 1 is 1.00 bits per heavy atom. The van der Waals surface area contributed by atoms with Crippen LogP contribution >= 0.6 is 0 Å². The molecule has 0 aromatic rings. The van der Waals surface area contributed by atoms with E-state index in [-0.39, 0.29) is 90.7 Å². The normalized spacial score (nSPS) is 0. The summed E-state index contributed by atoms with van der Waals surface area (Å²) in [5, 5.41) is 0. The third kappa shape index (κ3) is 19.9. The molecule has 0 heterocycles. The van der Waals surface area contributed by atoms with Gasteiger partial charge >= 0.3 is 0 Å². The van der Waals surface area contributed by atoms with Crippen LogP contribution in [0.1, 0.15) is 0 Å². The van der Waals surface area contributed by atoms with Crippen molar-refractivity contribution in [1.82, 2.24) is 0 Å². The van der Waals surface area contributed by atoms with Gasteiger partial charge in [0.05, 0.1) is 0 Å². The van der Waals surface area contributed by atoms with Crippen molar-refractivity contribution in [2.75, 3.05) is 0 Å². The number of hydrogen-bond donors (Lipinski definition) is 0. The first kappa shape index (κ1) is 45.8. The summed E-state index contributed by atoms with van der Waals surface area (Å²) in [5.41, 5.74) is 0. The predicted octanol–water partition coefficient (Wildman–Crippen LogP) is -0.391. The van der Waals surface area contributed by atoms with Crippen molar-refractivity contribution in [3.05, 3.63) is 0 Å². The third-order valence-electron chi connectivity index (χ3n) is 0. The summed E-state index contributed by atoms with van der Waals surface area (Å²) in [7, 11) is 0. The minimum atomic E-state index is 0. The maximum Gasteiger partial charge on any atom is 0 e. The zero-order valence-electron chi connectivity index (χ0n) is 2.10. The van der Waals surface area contributed by atoms with Crippen molar-refractivity contribution < 1.29 is 73.3 Å². The van der Waals surface area contributed by atoms with Gasteiger partial charge in [-0.2, -0.15) is 0 Å². The van der Waals surface area contributed by atoms with Crippen LogP contribution in [0, 0.1) is 0 Å². The molecule has 5 heteroatoms. The molecule has 0 fully saturated rings. The fourth-order valence-corrected chi connectivity index (χ4v) is 0. The van der Waals surface area contributed by atoms with E-state index < -0.39 is 0 Å². The van der Waals surface area contributed by atoms with E-state index in [0.717, 1.165) is 0 Å².